The number of phenols is 2. The molecular formula is C21H18O3. The van der Waals surface area contributed by atoms with Crippen LogP contribution in [0.2, 0.25) is 0 Å². The molecule has 0 aliphatic rings. The van der Waals surface area contributed by atoms with Crippen molar-refractivity contribution in [2.24, 2.45) is 0 Å². The van der Waals surface area contributed by atoms with Crippen LogP contribution in [0.25, 0.3) is 11.1 Å². The second kappa shape index (κ2) is 7.01. The number of carbonyl (C=O) groups excluding carboxylic acids is 1. The van der Waals surface area contributed by atoms with Gasteiger partial charge in [-0.1, -0.05) is 60.7 Å². The normalized spacial score (nSPS) is 10.5. The molecule has 3 aromatic carbocycles. The summed E-state index contributed by atoms with van der Waals surface area (Å²) in [4.78, 5) is 12.3. The van der Waals surface area contributed by atoms with Gasteiger partial charge in [0.1, 0.15) is 11.5 Å². The van der Waals surface area contributed by atoms with Crippen molar-refractivity contribution >= 4 is 5.78 Å². The monoisotopic (exact) mass is 318 g/mol. The van der Waals surface area contributed by atoms with Gasteiger partial charge in [-0.15, -0.1) is 0 Å². The van der Waals surface area contributed by atoms with E-state index in [4.69, 9.17) is 0 Å². The predicted octanol–water partition coefficient (Wildman–Crippen LogP) is 4.58. The Morgan fingerprint density at radius 2 is 1.46 bits per heavy atom. The van der Waals surface area contributed by atoms with E-state index in [1.54, 1.807) is 6.07 Å². The van der Waals surface area contributed by atoms with E-state index in [-0.39, 0.29) is 17.3 Å². The van der Waals surface area contributed by atoms with Crippen LogP contribution in [0.1, 0.15) is 22.3 Å². The summed E-state index contributed by atoms with van der Waals surface area (Å²) < 4.78 is 0. The minimum atomic E-state index is 0.0130. The van der Waals surface area contributed by atoms with Crippen molar-refractivity contribution in [2.45, 2.75) is 12.8 Å². The zero-order chi connectivity index (χ0) is 16.9. The van der Waals surface area contributed by atoms with Crippen LogP contribution in [-0.2, 0) is 6.42 Å². The first-order valence-corrected chi connectivity index (χ1v) is 7.83. The van der Waals surface area contributed by atoms with Crippen LogP contribution >= 0.6 is 0 Å². The van der Waals surface area contributed by atoms with E-state index in [0.29, 0.717) is 24.0 Å². The number of phenolic OH excluding ortho intramolecular Hbond substituents is 2. The fourth-order valence-electron chi connectivity index (χ4n) is 2.64. The summed E-state index contributed by atoms with van der Waals surface area (Å²) >= 11 is 0. The molecule has 0 aliphatic heterocycles. The van der Waals surface area contributed by atoms with Crippen molar-refractivity contribution < 1.29 is 15.0 Å². The Morgan fingerprint density at radius 1 is 0.792 bits per heavy atom. The molecule has 3 aromatic rings. The highest BCUT2D eigenvalue weighted by Gasteiger charge is 2.09. The molecule has 0 bridgehead atoms. The van der Waals surface area contributed by atoms with Crippen molar-refractivity contribution in [3.63, 3.8) is 0 Å². The Morgan fingerprint density at radius 3 is 2.12 bits per heavy atom. The third kappa shape index (κ3) is 3.63. The Kier molecular flexibility index (Phi) is 4.62. The molecule has 24 heavy (non-hydrogen) atoms. The summed E-state index contributed by atoms with van der Waals surface area (Å²) in [6, 6.07) is 22.0. The first-order chi connectivity index (χ1) is 11.6. The van der Waals surface area contributed by atoms with Crippen molar-refractivity contribution in [1.29, 1.82) is 0 Å². The fourth-order valence-corrected chi connectivity index (χ4v) is 2.64. The lowest BCUT2D eigenvalue weighted by Crippen LogP contribution is -2.01. The number of benzene rings is 3. The molecule has 0 aromatic heterocycles. The van der Waals surface area contributed by atoms with Gasteiger partial charge in [-0.3, -0.25) is 4.79 Å². The van der Waals surface area contributed by atoms with Crippen molar-refractivity contribution in [2.75, 3.05) is 0 Å². The molecule has 3 nitrogen and oxygen atoms in total. The molecule has 0 atom stereocenters. The van der Waals surface area contributed by atoms with E-state index >= 15 is 0 Å². The number of Topliss-reactive ketones (excluding diaryl/α,β-unsaturated/α-hetero) is 1. The van der Waals surface area contributed by atoms with E-state index in [9.17, 15) is 15.0 Å². The average molecular weight is 318 g/mol. The number of carbonyl (C=O) groups is 1. The average Bonchev–Trinajstić information content (AvgIpc) is 2.62. The molecule has 0 unspecified atom stereocenters. The van der Waals surface area contributed by atoms with Gasteiger partial charge in [0.15, 0.2) is 5.78 Å². The number of aryl methyl sites for hydroxylation is 1. The van der Waals surface area contributed by atoms with Gasteiger partial charge in [-0.25, -0.2) is 0 Å². The van der Waals surface area contributed by atoms with Gasteiger partial charge in [0, 0.05) is 18.1 Å². The Labute approximate surface area is 140 Å². The number of ketones is 1. The summed E-state index contributed by atoms with van der Waals surface area (Å²) in [7, 11) is 0. The molecule has 3 heteroatoms. The lowest BCUT2D eigenvalue weighted by atomic mass is 9.99. The number of rotatable bonds is 5. The van der Waals surface area contributed by atoms with Gasteiger partial charge in [0.05, 0.1) is 0 Å². The van der Waals surface area contributed by atoms with Gasteiger partial charge in [-0.05, 0) is 29.2 Å². The standard InChI is InChI=1S/C21H18O3/c22-19-12-10-18(21(24)14-19)11-13-20(23)17-8-6-16(7-9-17)15-4-2-1-3-5-15/h1-10,12,14,22,24H,11,13H2. The lowest BCUT2D eigenvalue weighted by molar-refractivity contribution is 0.0983. The highest BCUT2D eigenvalue weighted by Crippen LogP contribution is 2.24. The minimum Gasteiger partial charge on any atom is -0.508 e. The van der Waals surface area contributed by atoms with Gasteiger partial charge >= 0.3 is 0 Å². The molecular weight excluding hydrogens is 300 g/mol. The zero-order valence-corrected chi connectivity index (χ0v) is 13.1. The molecule has 0 saturated carbocycles. The maximum absolute atomic E-state index is 12.3. The number of hydrogen-bond donors (Lipinski definition) is 2. The molecule has 120 valence electrons. The van der Waals surface area contributed by atoms with Crippen LogP contribution in [0.15, 0.2) is 72.8 Å². The number of aromatic hydroxyl groups is 2. The van der Waals surface area contributed by atoms with Crippen LogP contribution in [0, 0.1) is 0 Å². The van der Waals surface area contributed by atoms with E-state index in [0.717, 1.165) is 11.1 Å². The molecule has 2 N–H and O–H groups in total. The third-order valence-electron chi connectivity index (χ3n) is 4.00. The second-order valence-electron chi connectivity index (χ2n) is 5.68. The van der Waals surface area contributed by atoms with Crippen molar-refractivity contribution in [1.82, 2.24) is 0 Å². The molecule has 0 aliphatic carbocycles. The van der Waals surface area contributed by atoms with Gasteiger partial charge in [-0.2, -0.15) is 0 Å². The van der Waals surface area contributed by atoms with Crippen molar-refractivity contribution in [3.8, 4) is 22.6 Å². The molecule has 0 amide bonds. The van der Waals surface area contributed by atoms with Crippen LogP contribution in [0.3, 0.4) is 0 Å². The summed E-state index contributed by atoms with van der Waals surface area (Å²) in [6.45, 7) is 0. The molecule has 0 saturated heterocycles. The molecule has 0 fully saturated rings. The maximum Gasteiger partial charge on any atom is 0.163 e. The van der Waals surface area contributed by atoms with Crippen LogP contribution < -0.4 is 0 Å². The van der Waals surface area contributed by atoms with Gasteiger partial charge in [0.25, 0.3) is 0 Å². The lowest BCUT2D eigenvalue weighted by Gasteiger charge is -2.06. The first kappa shape index (κ1) is 15.8. The zero-order valence-electron chi connectivity index (χ0n) is 13.1. The Balaban J connectivity index is 1.67. The van der Waals surface area contributed by atoms with E-state index in [1.807, 2.05) is 54.6 Å². The van der Waals surface area contributed by atoms with Crippen LogP contribution in [-0.4, -0.2) is 16.0 Å². The summed E-state index contributed by atoms with van der Waals surface area (Å²) in [5, 5.41) is 19.1. The highest BCUT2D eigenvalue weighted by atomic mass is 16.3. The third-order valence-corrected chi connectivity index (χ3v) is 4.00. The Hall–Kier alpha value is -3.07. The van der Waals surface area contributed by atoms with E-state index in [1.165, 1.54) is 12.1 Å². The Bertz CT molecular complexity index is 837. The maximum atomic E-state index is 12.3. The van der Waals surface area contributed by atoms with E-state index < -0.39 is 0 Å². The predicted molar refractivity (Wildman–Crippen MR) is 94.3 cm³/mol. The topological polar surface area (TPSA) is 57.5 Å². The summed E-state index contributed by atoms with van der Waals surface area (Å²) in [6.07, 6.45) is 0.744. The van der Waals surface area contributed by atoms with Gasteiger partial charge < -0.3 is 10.2 Å². The van der Waals surface area contributed by atoms with Gasteiger partial charge in [0.2, 0.25) is 0 Å². The number of hydrogen-bond acceptors (Lipinski definition) is 3. The SMILES string of the molecule is O=C(CCc1ccc(O)cc1O)c1ccc(-c2ccccc2)cc1. The first-order valence-electron chi connectivity index (χ1n) is 7.83. The summed E-state index contributed by atoms with van der Waals surface area (Å²) in [5.74, 6) is 0.0587. The minimum absolute atomic E-state index is 0.0130. The van der Waals surface area contributed by atoms with Crippen LogP contribution in [0.4, 0.5) is 0 Å². The smallest absolute Gasteiger partial charge is 0.163 e. The largest absolute Gasteiger partial charge is 0.508 e. The second-order valence-corrected chi connectivity index (χ2v) is 5.68. The molecule has 0 spiro atoms. The highest BCUT2D eigenvalue weighted by molar-refractivity contribution is 5.96. The summed E-state index contributed by atoms with van der Waals surface area (Å²) in [5.41, 5.74) is 3.50. The van der Waals surface area contributed by atoms with Crippen molar-refractivity contribution in [3.05, 3.63) is 83.9 Å². The fraction of sp³-hybridized carbons (Fsp3) is 0.0952. The van der Waals surface area contributed by atoms with E-state index in [2.05, 4.69) is 0 Å². The quantitative estimate of drug-likeness (QED) is 0.677. The molecule has 0 radical (unpaired) electrons. The molecule has 3 rings (SSSR count). The molecule has 0 heterocycles. The van der Waals surface area contributed by atoms with Crippen LogP contribution in [0.5, 0.6) is 11.5 Å².